The lowest BCUT2D eigenvalue weighted by Crippen LogP contribution is -2.53. The molecule has 9 nitrogen and oxygen atoms in total. The lowest BCUT2D eigenvalue weighted by Gasteiger charge is -2.27. The van der Waals surface area contributed by atoms with Crippen molar-refractivity contribution in [1.82, 2.24) is 10.4 Å². The zero-order valence-electron chi connectivity index (χ0n) is 12.6. The number of carbonyl (C=O) groups excluding carboxylic acids is 2. The fourth-order valence-corrected chi connectivity index (χ4v) is 1.26. The lowest BCUT2D eigenvalue weighted by molar-refractivity contribution is -0.171. The van der Waals surface area contributed by atoms with Gasteiger partial charge in [-0.3, -0.25) is 9.63 Å². The molecule has 0 aliphatic rings. The van der Waals surface area contributed by atoms with E-state index in [9.17, 15) is 9.59 Å². The van der Waals surface area contributed by atoms with E-state index < -0.39 is 29.7 Å². The molecular weight excluding hydrogens is 266 g/mol. The van der Waals surface area contributed by atoms with Gasteiger partial charge in [-0.15, -0.1) is 0 Å². The highest BCUT2D eigenvalue weighted by atomic mass is 16.7. The van der Waals surface area contributed by atoms with Gasteiger partial charge in [-0.25, -0.2) is 9.86 Å². The predicted octanol–water partition coefficient (Wildman–Crippen LogP) is 1.60. The summed E-state index contributed by atoms with van der Waals surface area (Å²) < 4.78 is 5.06. The first-order valence-corrected chi connectivity index (χ1v) is 5.97. The zero-order chi connectivity index (χ0) is 15.9. The summed E-state index contributed by atoms with van der Waals surface area (Å²) in [5, 5.41) is 6.73. The van der Waals surface area contributed by atoms with Crippen molar-refractivity contribution in [2.45, 2.75) is 45.4 Å². The molecular formula is C11H21N5O4. The van der Waals surface area contributed by atoms with Gasteiger partial charge in [0.15, 0.2) is 0 Å². The predicted molar refractivity (Wildman–Crippen MR) is 71.5 cm³/mol. The van der Waals surface area contributed by atoms with Gasteiger partial charge in [-0.05, 0) is 26.3 Å². The second kappa shape index (κ2) is 7.56. The molecule has 0 heterocycles. The molecule has 0 saturated heterocycles. The Morgan fingerprint density at radius 1 is 1.40 bits per heavy atom. The van der Waals surface area contributed by atoms with Gasteiger partial charge >= 0.3 is 6.09 Å². The molecule has 0 aliphatic carbocycles. The number of nitrogens with zero attached hydrogens (tertiary/aromatic N) is 4. The number of carbonyl (C=O) groups is 2. The molecule has 0 rings (SSSR count). The quantitative estimate of drug-likeness (QED) is 0.357. The lowest BCUT2D eigenvalue weighted by atomic mass is 10.1. The molecule has 114 valence electrons. The van der Waals surface area contributed by atoms with Crippen molar-refractivity contribution in [2.75, 3.05) is 14.2 Å². The summed E-state index contributed by atoms with van der Waals surface area (Å²) in [6.45, 7) is 6.59. The summed E-state index contributed by atoms with van der Waals surface area (Å²) in [6.07, 6.45) is -0.777. The normalized spacial score (nSPS) is 13.7. The Kier molecular flexibility index (Phi) is 6.81. The summed E-state index contributed by atoms with van der Waals surface area (Å²) in [5.74, 6) is -0.557. The molecule has 1 N–H and O–H groups in total. The molecule has 0 aromatic rings. The molecule has 0 fully saturated rings. The van der Waals surface area contributed by atoms with E-state index in [0.29, 0.717) is 0 Å². The first kappa shape index (κ1) is 18.0. The average Bonchev–Trinajstić information content (AvgIpc) is 2.32. The molecule has 9 heteroatoms. The Balaban J connectivity index is 5.00. The molecule has 2 amide bonds. The van der Waals surface area contributed by atoms with Crippen LogP contribution in [0.25, 0.3) is 10.4 Å². The molecule has 0 saturated carbocycles. The Hall–Kier alpha value is -1.99. The Bertz CT molecular complexity index is 400. The van der Waals surface area contributed by atoms with Crippen LogP contribution in [-0.4, -0.2) is 48.9 Å². The van der Waals surface area contributed by atoms with Crippen molar-refractivity contribution in [1.29, 1.82) is 0 Å². The summed E-state index contributed by atoms with van der Waals surface area (Å²) in [4.78, 5) is 31.1. The minimum absolute atomic E-state index is 0.557. The number of amides is 2. The van der Waals surface area contributed by atoms with Gasteiger partial charge in [-0.2, -0.15) is 0 Å². The smallest absolute Gasteiger partial charge is 0.408 e. The van der Waals surface area contributed by atoms with Crippen LogP contribution in [0.15, 0.2) is 5.11 Å². The fourth-order valence-electron chi connectivity index (χ4n) is 1.26. The van der Waals surface area contributed by atoms with Gasteiger partial charge in [0.1, 0.15) is 11.6 Å². The molecule has 0 aromatic heterocycles. The Morgan fingerprint density at radius 3 is 2.35 bits per heavy atom. The number of azide groups is 1. The molecule has 0 unspecified atom stereocenters. The standard InChI is InChI=1S/C11H21N5O4/c1-7(14-15-12)8(9(17)16(5)19-6)13-10(18)20-11(2,3)4/h7-8H,1-6H3,(H,13,18)/t7-,8+/m0/s1. The van der Waals surface area contributed by atoms with Crippen molar-refractivity contribution in [2.24, 2.45) is 5.11 Å². The van der Waals surface area contributed by atoms with Gasteiger partial charge in [-0.1, -0.05) is 12.0 Å². The van der Waals surface area contributed by atoms with Gasteiger partial charge in [0.2, 0.25) is 0 Å². The van der Waals surface area contributed by atoms with E-state index in [1.165, 1.54) is 21.1 Å². The third kappa shape index (κ3) is 6.26. The topological polar surface area (TPSA) is 117 Å². The van der Waals surface area contributed by atoms with Crippen molar-refractivity contribution in [3.63, 3.8) is 0 Å². The third-order valence-electron chi connectivity index (χ3n) is 2.24. The van der Waals surface area contributed by atoms with Crippen LogP contribution >= 0.6 is 0 Å². The van der Waals surface area contributed by atoms with Gasteiger partial charge in [0.05, 0.1) is 13.2 Å². The van der Waals surface area contributed by atoms with Crippen LogP contribution in [-0.2, 0) is 14.4 Å². The minimum atomic E-state index is -1.08. The first-order valence-electron chi connectivity index (χ1n) is 5.97. The van der Waals surface area contributed by atoms with E-state index in [-0.39, 0.29) is 0 Å². The number of hydroxylamine groups is 2. The second-order valence-corrected chi connectivity index (χ2v) is 5.09. The van der Waals surface area contributed by atoms with Crippen LogP contribution in [0.4, 0.5) is 4.79 Å². The van der Waals surface area contributed by atoms with Crippen molar-refractivity contribution < 1.29 is 19.2 Å². The number of ether oxygens (including phenoxy) is 1. The second-order valence-electron chi connectivity index (χ2n) is 5.09. The number of nitrogens with one attached hydrogen (secondary N) is 1. The van der Waals surface area contributed by atoms with Gasteiger partial charge in [0, 0.05) is 12.0 Å². The maximum absolute atomic E-state index is 12.0. The van der Waals surface area contributed by atoms with Crippen LogP contribution in [0.5, 0.6) is 0 Å². The SMILES string of the molecule is CON(C)C(=O)[C@H](NC(=O)OC(C)(C)C)[C@H](C)N=[N+]=[N-]. The minimum Gasteiger partial charge on any atom is -0.444 e. The highest BCUT2D eigenvalue weighted by molar-refractivity contribution is 5.85. The molecule has 0 spiro atoms. The summed E-state index contributed by atoms with van der Waals surface area (Å²) in [6, 6.07) is -1.87. The maximum atomic E-state index is 12.0. The molecule has 0 radical (unpaired) electrons. The molecule has 20 heavy (non-hydrogen) atoms. The van der Waals surface area contributed by atoms with Crippen LogP contribution in [0.3, 0.4) is 0 Å². The van der Waals surface area contributed by atoms with E-state index >= 15 is 0 Å². The fraction of sp³-hybridized carbons (Fsp3) is 0.818. The Labute approximate surface area is 117 Å². The van der Waals surface area contributed by atoms with Crippen LogP contribution in [0, 0.1) is 0 Å². The van der Waals surface area contributed by atoms with Crippen molar-refractivity contribution in [3.05, 3.63) is 10.4 Å². The van der Waals surface area contributed by atoms with Crippen molar-refractivity contribution >= 4 is 12.0 Å². The number of hydrogen-bond donors (Lipinski definition) is 1. The summed E-state index contributed by atoms with van der Waals surface area (Å²) in [5.41, 5.74) is 7.74. The van der Waals surface area contributed by atoms with Crippen LogP contribution in [0.1, 0.15) is 27.7 Å². The molecule has 0 aromatic carbocycles. The molecule has 0 aliphatic heterocycles. The molecule has 0 bridgehead atoms. The van der Waals surface area contributed by atoms with Gasteiger partial charge < -0.3 is 10.1 Å². The van der Waals surface area contributed by atoms with Crippen molar-refractivity contribution in [3.8, 4) is 0 Å². The van der Waals surface area contributed by atoms with E-state index in [2.05, 4.69) is 15.3 Å². The van der Waals surface area contributed by atoms with E-state index in [1.807, 2.05) is 0 Å². The number of alkyl carbamates (subject to hydrolysis) is 1. The van der Waals surface area contributed by atoms with E-state index in [0.717, 1.165) is 5.06 Å². The zero-order valence-corrected chi connectivity index (χ0v) is 12.6. The molecule has 2 atom stereocenters. The van der Waals surface area contributed by atoms with E-state index in [1.54, 1.807) is 20.8 Å². The Morgan fingerprint density at radius 2 is 1.95 bits per heavy atom. The number of likely N-dealkylation sites (N-methyl/N-ethyl adjacent to an activating group) is 1. The van der Waals surface area contributed by atoms with Crippen LogP contribution in [0.2, 0.25) is 0 Å². The number of rotatable bonds is 5. The van der Waals surface area contributed by atoms with E-state index in [4.69, 9.17) is 15.1 Å². The maximum Gasteiger partial charge on any atom is 0.408 e. The largest absolute Gasteiger partial charge is 0.444 e. The summed E-state index contributed by atoms with van der Waals surface area (Å²) in [7, 11) is 2.69. The average molecular weight is 287 g/mol. The highest BCUT2D eigenvalue weighted by Crippen LogP contribution is 2.09. The summed E-state index contributed by atoms with van der Waals surface area (Å²) >= 11 is 0. The monoisotopic (exact) mass is 287 g/mol. The number of hydrogen-bond acceptors (Lipinski definition) is 5. The van der Waals surface area contributed by atoms with Gasteiger partial charge in [0.25, 0.3) is 5.91 Å². The van der Waals surface area contributed by atoms with Crippen LogP contribution < -0.4 is 5.32 Å². The first-order chi connectivity index (χ1) is 9.12. The third-order valence-corrected chi connectivity index (χ3v) is 2.24. The highest BCUT2D eigenvalue weighted by Gasteiger charge is 2.30.